The van der Waals surface area contributed by atoms with Gasteiger partial charge in [0.2, 0.25) is 17.7 Å². The van der Waals surface area contributed by atoms with E-state index < -0.39 is 10.5 Å². The molecular weight excluding hydrogens is 278 g/mol. The number of nitrogens with zero attached hydrogens (tertiary/aromatic N) is 3. The Morgan fingerprint density at radius 2 is 2.00 bits per heavy atom. The molecule has 0 fully saturated rings. The van der Waals surface area contributed by atoms with Crippen molar-refractivity contribution < 1.29 is 9.72 Å². The molecule has 10 nitrogen and oxygen atoms in total. The Bertz CT molecular complexity index is 553. The lowest BCUT2D eigenvalue weighted by Gasteiger charge is -2.20. The fourth-order valence-corrected chi connectivity index (χ4v) is 1.60. The van der Waals surface area contributed by atoms with E-state index in [1.807, 2.05) is 20.8 Å². The zero-order chi connectivity index (χ0) is 16.2. The summed E-state index contributed by atoms with van der Waals surface area (Å²) in [6.45, 7) is 6.80. The predicted octanol–water partition coefficient (Wildman–Crippen LogP) is 0.305. The Labute approximate surface area is 121 Å². The minimum absolute atomic E-state index is 0.0248. The second kappa shape index (κ2) is 6.31. The Kier molecular flexibility index (Phi) is 4.97. The lowest BCUT2D eigenvalue weighted by Crippen LogP contribution is -2.43. The zero-order valence-electron chi connectivity index (χ0n) is 12.4. The van der Waals surface area contributed by atoms with Crippen molar-refractivity contribution in [3.05, 3.63) is 15.8 Å². The number of anilines is 2. The van der Waals surface area contributed by atoms with Gasteiger partial charge in [-0.25, -0.2) is 10.8 Å². The number of hydrogen-bond donors (Lipinski definition) is 4. The van der Waals surface area contributed by atoms with Crippen LogP contribution in [0.15, 0.2) is 0 Å². The van der Waals surface area contributed by atoms with Crippen LogP contribution in [0.2, 0.25) is 0 Å². The van der Waals surface area contributed by atoms with E-state index in [-0.39, 0.29) is 35.6 Å². The standard InChI is InChI=1S/C11H19N7O3/c1-6-8(18(20)21)9(15-10(14-6)17-12)13-5-7(19)16-11(2,3)4/h5,12H2,1-4H3,(H,16,19)(H2,13,14,15,17). The maximum absolute atomic E-state index is 11.7. The number of amides is 1. The van der Waals surface area contributed by atoms with Crippen LogP contribution < -0.4 is 21.9 Å². The maximum atomic E-state index is 11.7. The van der Waals surface area contributed by atoms with Crippen molar-refractivity contribution in [3.63, 3.8) is 0 Å². The summed E-state index contributed by atoms with van der Waals surface area (Å²) >= 11 is 0. The van der Waals surface area contributed by atoms with Crippen LogP contribution in [0.4, 0.5) is 17.5 Å². The van der Waals surface area contributed by atoms with Crippen molar-refractivity contribution in [1.82, 2.24) is 15.3 Å². The molecule has 0 atom stereocenters. The van der Waals surface area contributed by atoms with E-state index in [1.54, 1.807) is 0 Å². The number of aryl methyl sites for hydroxylation is 1. The predicted molar refractivity (Wildman–Crippen MR) is 77.6 cm³/mol. The van der Waals surface area contributed by atoms with Crippen LogP contribution in [-0.2, 0) is 4.79 Å². The molecule has 0 aromatic carbocycles. The third kappa shape index (κ3) is 4.84. The molecule has 21 heavy (non-hydrogen) atoms. The van der Waals surface area contributed by atoms with Gasteiger partial charge in [0, 0.05) is 5.54 Å². The summed E-state index contributed by atoms with van der Waals surface area (Å²) in [5, 5.41) is 16.4. The van der Waals surface area contributed by atoms with Gasteiger partial charge >= 0.3 is 5.69 Å². The van der Waals surface area contributed by atoms with Crippen LogP contribution in [0.5, 0.6) is 0 Å². The molecule has 0 spiro atoms. The number of carbonyl (C=O) groups excluding carboxylic acids is 1. The van der Waals surface area contributed by atoms with Crippen LogP contribution >= 0.6 is 0 Å². The van der Waals surface area contributed by atoms with Gasteiger partial charge in [0.05, 0.1) is 11.5 Å². The summed E-state index contributed by atoms with van der Waals surface area (Å²) in [6, 6.07) is 0. The zero-order valence-corrected chi connectivity index (χ0v) is 12.4. The van der Waals surface area contributed by atoms with E-state index in [1.165, 1.54) is 6.92 Å². The van der Waals surface area contributed by atoms with E-state index in [2.05, 4.69) is 26.0 Å². The molecule has 1 aromatic rings. The minimum Gasteiger partial charge on any atom is -0.355 e. The first kappa shape index (κ1) is 16.6. The largest absolute Gasteiger partial charge is 0.355 e. The molecule has 0 bridgehead atoms. The Morgan fingerprint density at radius 3 is 2.48 bits per heavy atom. The van der Waals surface area contributed by atoms with E-state index >= 15 is 0 Å². The average Bonchev–Trinajstić information content (AvgIpc) is 2.32. The third-order valence-corrected chi connectivity index (χ3v) is 2.30. The van der Waals surface area contributed by atoms with E-state index in [0.717, 1.165) is 0 Å². The van der Waals surface area contributed by atoms with Gasteiger partial charge in [0.15, 0.2) is 0 Å². The quantitative estimate of drug-likeness (QED) is 0.344. The van der Waals surface area contributed by atoms with E-state index in [0.29, 0.717) is 0 Å². The number of hydrazine groups is 1. The minimum atomic E-state index is -0.611. The van der Waals surface area contributed by atoms with Crippen LogP contribution in [0.1, 0.15) is 26.5 Å². The smallest absolute Gasteiger partial charge is 0.332 e. The van der Waals surface area contributed by atoms with Gasteiger partial charge in [-0.2, -0.15) is 4.98 Å². The molecule has 0 unspecified atom stereocenters. The van der Waals surface area contributed by atoms with Gasteiger partial charge in [-0.3, -0.25) is 20.3 Å². The van der Waals surface area contributed by atoms with Crippen LogP contribution in [0.25, 0.3) is 0 Å². The summed E-state index contributed by atoms with van der Waals surface area (Å²) in [6.07, 6.45) is 0. The van der Waals surface area contributed by atoms with Crippen LogP contribution in [0, 0.1) is 17.0 Å². The molecule has 1 heterocycles. The van der Waals surface area contributed by atoms with Crippen molar-refractivity contribution >= 4 is 23.4 Å². The molecule has 10 heteroatoms. The highest BCUT2D eigenvalue weighted by Crippen LogP contribution is 2.25. The Hall–Kier alpha value is -2.49. The topological polar surface area (TPSA) is 148 Å². The highest BCUT2D eigenvalue weighted by atomic mass is 16.6. The number of nitro groups is 1. The number of carbonyl (C=O) groups is 1. The van der Waals surface area contributed by atoms with Gasteiger partial charge in [-0.1, -0.05) is 0 Å². The van der Waals surface area contributed by atoms with Crippen molar-refractivity contribution in [3.8, 4) is 0 Å². The summed E-state index contributed by atoms with van der Waals surface area (Å²) in [4.78, 5) is 29.9. The third-order valence-electron chi connectivity index (χ3n) is 2.30. The molecule has 116 valence electrons. The van der Waals surface area contributed by atoms with E-state index in [4.69, 9.17) is 5.84 Å². The molecule has 1 rings (SSSR count). The van der Waals surface area contributed by atoms with Gasteiger partial charge in [-0.15, -0.1) is 0 Å². The fourth-order valence-electron chi connectivity index (χ4n) is 1.60. The SMILES string of the molecule is Cc1nc(NN)nc(NCC(=O)NC(C)(C)C)c1[N+](=O)[O-]. The molecule has 0 saturated heterocycles. The molecule has 0 aliphatic carbocycles. The lowest BCUT2D eigenvalue weighted by atomic mass is 10.1. The van der Waals surface area contributed by atoms with Gasteiger partial charge in [0.25, 0.3) is 0 Å². The Morgan fingerprint density at radius 1 is 1.38 bits per heavy atom. The molecule has 5 N–H and O–H groups in total. The normalized spacial score (nSPS) is 10.9. The fraction of sp³-hybridized carbons (Fsp3) is 0.545. The summed E-state index contributed by atoms with van der Waals surface area (Å²) < 4.78 is 0. The monoisotopic (exact) mass is 297 g/mol. The average molecular weight is 297 g/mol. The van der Waals surface area contributed by atoms with Crippen molar-refractivity contribution in [2.45, 2.75) is 33.2 Å². The molecule has 0 aliphatic heterocycles. The number of nitrogens with one attached hydrogen (secondary N) is 3. The number of nitrogens with two attached hydrogens (primary N) is 1. The van der Waals surface area contributed by atoms with E-state index in [9.17, 15) is 14.9 Å². The molecular formula is C11H19N7O3. The van der Waals surface area contributed by atoms with Gasteiger partial charge in [-0.05, 0) is 27.7 Å². The highest BCUT2D eigenvalue weighted by molar-refractivity contribution is 5.82. The number of hydrogen-bond acceptors (Lipinski definition) is 8. The van der Waals surface area contributed by atoms with Crippen LogP contribution in [-0.4, -0.2) is 32.9 Å². The second-order valence-corrected chi connectivity index (χ2v) is 5.38. The second-order valence-electron chi connectivity index (χ2n) is 5.38. The van der Waals surface area contributed by atoms with Gasteiger partial charge < -0.3 is 10.6 Å². The lowest BCUT2D eigenvalue weighted by molar-refractivity contribution is -0.385. The van der Waals surface area contributed by atoms with Crippen molar-refractivity contribution in [2.75, 3.05) is 17.3 Å². The molecule has 0 saturated carbocycles. The Balaban J connectivity index is 2.94. The number of nitrogen functional groups attached to an aromatic ring is 1. The first-order chi connectivity index (χ1) is 9.64. The van der Waals surface area contributed by atoms with Crippen molar-refractivity contribution in [2.24, 2.45) is 5.84 Å². The number of rotatable bonds is 5. The molecule has 1 amide bonds. The summed E-state index contributed by atoms with van der Waals surface area (Å²) in [7, 11) is 0. The van der Waals surface area contributed by atoms with Crippen molar-refractivity contribution in [1.29, 1.82) is 0 Å². The first-order valence-corrected chi connectivity index (χ1v) is 6.18. The maximum Gasteiger partial charge on any atom is 0.332 e. The van der Waals surface area contributed by atoms with Crippen LogP contribution in [0.3, 0.4) is 0 Å². The number of aromatic nitrogens is 2. The molecule has 0 radical (unpaired) electrons. The first-order valence-electron chi connectivity index (χ1n) is 6.18. The summed E-state index contributed by atoms with van der Waals surface area (Å²) in [5.74, 6) is 4.85. The summed E-state index contributed by atoms with van der Waals surface area (Å²) in [5.41, 5.74) is 1.67. The molecule has 0 aliphatic rings. The molecule has 1 aromatic heterocycles. The highest BCUT2D eigenvalue weighted by Gasteiger charge is 2.23. The van der Waals surface area contributed by atoms with Gasteiger partial charge in [0.1, 0.15) is 5.69 Å².